The SMILES string of the molecule is CCc1cc(Cc2cc(CC)cc(C(C)(C)CC)c2O)c(O)c(CC(C)(C)CC)c1. The van der Waals surface area contributed by atoms with Crippen LogP contribution in [0.25, 0.3) is 0 Å². The van der Waals surface area contributed by atoms with Gasteiger partial charge in [0.25, 0.3) is 0 Å². The van der Waals surface area contributed by atoms with Gasteiger partial charge in [-0.15, -0.1) is 0 Å². The van der Waals surface area contributed by atoms with E-state index in [1.165, 1.54) is 11.1 Å². The van der Waals surface area contributed by atoms with Gasteiger partial charge in [0.05, 0.1) is 0 Å². The summed E-state index contributed by atoms with van der Waals surface area (Å²) in [6.45, 7) is 17.5. The van der Waals surface area contributed by atoms with E-state index in [2.05, 4.69) is 79.7 Å². The number of hydrogen-bond acceptors (Lipinski definition) is 2. The first kappa shape index (κ1) is 24.3. The maximum absolute atomic E-state index is 11.2. The molecule has 0 atom stereocenters. The molecule has 2 heteroatoms. The van der Waals surface area contributed by atoms with Crippen molar-refractivity contribution in [3.05, 3.63) is 57.6 Å². The fraction of sp³-hybridized carbons (Fsp3) is 0.571. The standard InChI is InChI=1S/C28H42O2/c1-9-19-13-21(25(29)23(15-19)18-27(5,6)11-3)17-22-14-20(10-2)16-24(26(22)30)28(7,8)12-4/h13-16,29-30H,9-12,17-18H2,1-8H3. The summed E-state index contributed by atoms with van der Waals surface area (Å²) in [5.74, 6) is 0.780. The Morgan fingerprint density at radius 1 is 0.667 bits per heavy atom. The molecule has 0 aliphatic heterocycles. The Bertz CT molecular complexity index is 875. The van der Waals surface area contributed by atoms with Crippen molar-refractivity contribution in [2.24, 2.45) is 5.41 Å². The topological polar surface area (TPSA) is 40.5 Å². The second-order valence-corrected chi connectivity index (χ2v) is 10.2. The number of benzene rings is 2. The molecule has 2 N–H and O–H groups in total. The van der Waals surface area contributed by atoms with Crippen molar-refractivity contribution in [2.75, 3.05) is 0 Å². The van der Waals surface area contributed by atoms with E-state index in [1.807, 2.05) is 0 Å². The third-order valence-electron chi connectivity index (χ3n) is 7.01. The maximum atomic E-state index is 11.2. The van der Waals surface area contributed by atoms with Gasteiger partial charge in [0.1, 0.15) is 11.5 Å². The van der Waals surface area contributed by atoms with Gasteiger partial charge in [0, 0.05) is 12.0 Å². The van der Waals surface area contributed by atoms with Crippen LogP contribution in [0, 0.1) is 5.41 Å². The number of aromatic hydroxyl groups is 2. The van der Waals surface area contributed by atoms with Crippen LogP contribution in [0.4, 0.5) is 0 Å². The first-order chi connectivity index (χ1) is 14.0. The van der Waals surface area contributed by atoms with Gasteiger partial charge in [-0.05, 0) is 64.3 Å². The Hall–Kier alpha value is -1.96. The molecule has 0 fully saturated rings. The Balaban J connectivity index is 2.58. The lowest BCUT2D eigenvalue weighted by Gasteiger charge is -2.27. The Labute approximate surface area is 184 Å². The quantitative estimate of drug-likeness (QED) is 0.450. The summed E-state index contributed by atoms with van der Waals surface area (Å²) < 4.78 is 0. The van der Waals surface area contributed by atoms with E-state index in [-0.39, 0.29) is 10.8 Å². The van der Waals surface area contributed by atoms with Crippen molar-refractivity contribution in [1.29, 1.82) is 0 Å². The normalized spacial score (nSPS) is 12.4. The molecular formula is C28H42O2. The second kappa shape index (κ2) is 9.45. The van der Waals surface area contributed by atoms with Crippen molar-refractivity contribution >= 4 is 0 Å². The smallest absolute Gasteiger partial charge is 0.122 e. The molecule has 0 saturated heterocycles. The summed E-state index contributed by atoms with van der Waals surface area (Å²) in [4.78, 5) is 0. The molecule has 2 aromatic rings. The summed E-state index contributed by atoms with van der Waals surface area (Å²) in [5.41, 5.74) is 6.39. The van der Waals surface area contributed by atoms with Gasteiger partial charge < -0.3 is 10.2 Å². The summed E-state index contributed by atoms with van der Waals surface area (Å²) in [6.07, 6.45) is 5.28. The van der Waals surface area contributed by atoms with Crippen LogP contribution in [-0.4, -0.2) is 10.2 Å². The molecule has 0 aromatic heterocycles. The summed E-state index contributed by atoms with van der Waals surface area (Å²) in [5, 5.41) is 22.3. The zero-order valence-corrected chi connectivity index (χ0v) is 20.4. The van der Waals surface area contributed by atoms with Crippen LogP contribution in [0.1, 0.15) is 102 Å². The lowest BCUT2D eigenvalue weighted by molar-refractivity contribution is 0.341. The monoisotopic (exact) mass is 410 g/mol. The lowest BCUT2D eigenvalue weighted by atomic mass is 9.79. The molecule has 0 spiro atoms. The molecule has 0 saturated carbocycles. The van der Waals surface area contributed by atoms with Crippen molar-refractivity contribution in [1.82, 2.24) is 0 Å². The van der Waals surface area contributed by atoms with E-state index >= 15 is 0 Å². The highest BCUT2D eigenvalue weighted by Crippen LogP contribution is 2.40. The first-order valence-electron chi connectivity index (χ1n) is 11.7. The van der Waals surface area contributed by atoms with Crippen molar-refractivity contribution in [3.8, 4) is 11.5 Å². The minimum Gasteiger partial charge on any atom is -0.507 e. The molecule has 0 aliphatic carbocycles. The third kappa shape index (κ3) is 5.39. The van der Waals surface area contributed by atoms with Crippen molar-refractivity contribution < 1.29 is 10.2 Å². The van der Waals surface area contributed by atoms with E-state index in [0.717, 1.165) is 54.4 Å². The van der Waals surface area contributed by atoms with Crippen LogP contribution in [0.2, 0.25) is 0 Å². The Morgan fingerprint density at radius 3 is 1.67 bits per heavy atom. The molecule has 30 heavy (non-hydrogen) atoms. The van der Waals surface area contributed by atoms with Gasteiger partial charge in [0.15, 0.2) is 0 Å². The lowest BCUT2D eigenvalue weighted by Crippen LogP contribution is -2.17. The van der Waals surface area contributed by atoms with Gasteiger partial charge in [-0.3, -0.25) is 0 Å². The molecule has 0 bridgehead atoms. The van der Waals surface area contributed by atoms with E-state index in [4.69, 9.17) is 0 Å². The highest BCUT2D eigenvalue weighted by molar-refractivity contribution is 5.52. The number of aryl methyl sites for hydroxylation is 2. The molecule has 0 aliphatic rings. The molecule has 0 amide bonds. The van der Waals surface area contributed by atoms with Crippen LogP contribution >= 0.6 is 0 Å². The predicted octanol–water partition coefficient (Wildman–Crippen LogP) is 7.48. The molecule has 166 valence electrons. The highest BCUT2D eigenvalue weighted by Gasteiger charge is 2.25. The van der Waals surface area contributed by atoms with Crippen LogP contribution in [0.15, 0.2) is 24.3 Å². The second-order valence-electron chi connectivity index (χ2n) is 10.2. The maximum Gasteiger partial charge on any atom is 0.122 e. The zero-order valence-electron chi connectivity index (χ0n) is 20.4. The van der Waals surface area contributed by atoms with Gasteiger partial charge in [-0.25, -0.2) is 0 Å². The van der Waals surface area contributed by atoms with Crippen molar-refractivity contribution in [2.45, 2.75) is 99.3 Å². The molecule has 0 radical (unpaired) electrons. The van der Waals surface area contributed by atoms with E-state index in [1.54, 1.807) is 0 Å². The van der Waals surface area contributed by atoms with Crippen molar-refractivity contribution in [3.63, 3.8) is 0 Å². The van der Waals surface area contributed by atoms with E-state index in [0.29, 0.717) is 17.9 Å². The average Bonchev–Trinajstić information content (AvgIpc) is 2.71. The van der Waals surface area contributed by atoms with Crippen LogP contribution in [0.5, 0.6) is 11.5 Å². The molecule has 2 nitrogen and oxygen atoms in total. The van der Waals surface area contributed by atoms with Gasteiger partial charge in [-0.1, -0.05) is 86.1 Å². The van der Waals surface area contributed by atoms with Gasteiger partial charge in [0.2, 0.25) is 0 Å². The number of rotatable bonds is 9. The summed E-state index contributed by atoms with van der Waals surface area (Å²) in [7, 11) is 0. The van der Waals surface area contributed by atoms with Crippen LogP contribution in [-0.2, 0) is 31.1 Å². The first-order valence-corrected chi connectivity index (χ1v) is 11.7. The average molecular weight is 411 g/mol. The number of hydrogen-bond donors (Lipinski definition) is 2. The number of phenols is 2. The van der Waals surface area contributed by atoms with E-state index in [9.17, 15) is 10.2 Å². The Kier molecular flexibility index (Phi) is 7.66. The zero-order chi connectivity index (χ0) is 22.7. The predicted molar refractivity (Wildman–Crippen MR) is 129 cm³/mol. The minimum absolute atomic E-state index is 0.0896. The highest BCUT2D eigenvalue weighted by atomic mass is 16.3. The van der Waals surface area contributed by atoms with Crippen LogP contribution in [0.3, 0.4) is 0 Å². The van der Waals surface area contributed by atoms with Gasteiger partial charge >= 0.3 is 0 Å². The van der Waals surface area contributed by atoms with Gasteiger partial charge in [-0.2, -0.15) is 0 Å². The molecular weight excluding hydrogens is 368 g/mol. The molecule has 0 heterocycles. The summed E-state index contributed by atoms with van der Waals surface area (Å²) >= 11 is 0. The summed E-state index contributed by atoms with van der Waals surface area (Å²) in [6, 6.07) is 8.53. The molecule has 2 aromatic carbocycles. The number of phenolic OH excluding ortho intramolecular Hbond substituents is 2. The van der Waals surface area contributed by atoms with E-state index < -0.39 is 0 Å². The molecule has 0 unspecified atom stereocenters. The minimum atomic E-state index is -0.0896. The molecule has 2 rings (SSSR count). The Morgan fingerprint density at radius 2 is 1.17 bits per heavy atom. The largest absolute Gasteiger partial charge is 0.507 e. The van der Waals surface area contributed by atoms with Crippen LogP contribution < -0.4 is 0 Å². The fourth-order valence-electron chi connectivity index (χ4n) is 3.96. The third-order valence-corrected chi connectivity index (χ3v) is 7.01. The fourth-order valence-corrected chi connectivity index (χ4v) is 3.96.